The Hall–Kier alpha value is -4.94. The molecule has 1 amide bonds. The fourth-order valence-corrected chi connectivity index (χ4v) is 4.59. The van der Waals surface area contributed by atoms with Crippen LogP contribution in [0.2, 0.25) is 0 Å². The Kier molecular flexibility index (Phi) is 72.2. The fourth-order valence-electron chi connectivity index (χ4n) is 3.56. The van der Waals surface area contributed by atoms with E-state index in [1.807, 2.05) is 158 Å². The van der Waals surface area contributed by atoms with Crippen molar-refractivity contribution in [1.82, 2.24) is 5.32 Å². The molecule has 488 valence electrons. The number of Topliss-reactive ketones (excluding diaryl/α,β-unsaturated/α-hetero) is 1. The van der Waals surface area contributed by atoms with Crippen LogP contribution in [0.3, 0.4) is 0 Å². The molecule has 24 heteroatoms. The lowest BCUT2D eigenvalue weighted by Gasteiger charge is -2.20. The summed E-state index contributed by atoms with van der Waals surface area (Å²) in [4.78, 5) is 67.5. The summed E-state index contributed by atoms with van der Waals surface area (Å²) < 4.78 is 62.2. The SMILES string of the molecule is CC(=O)c1ccccc1.CC(C)N.CC(C)NC(=O)OC(C)(C)C.CCCC(=O)O.CCCCC(=O)O.CCCS(=O)(=O)O.CCOC.CC[NH2+]C.COC(C)(C)C.CP(=O)(O)O.Cc1ccc(S(C)=O)cc1.Cc1ccccc1C(=O)O. The number of rotatable bonds is 13. The summed E-state index contributed by atoms with van der Waals surface area (Å²) in [5, 5.41) is 29.3. The van der Waals surface area contributed by atoms with Gasteiger partial charge in [0, 0.05) is 73.9 Å². The van der Waals surface area contributed by atoms with Crippen LogP contribution < -0.4 is 16.4 Å². The maximum atomic E-state index is 10.9. The molecule has 0 fully saturated rings. The van der Waals surface area contributed by atoms with Gasteiger partial charge in [-0.15, -0.1) is 0 Å². The second-order valence-electron chi connectivity index (χ2n) is 19.8. The van der Waals surface area contributed by atoms with Gasteiger partial charge in [0.05, 0.1) is 30.5 Å². The molecule has 0 bridgehead atoms. The number of carbonyl (C=O) groups is 5. The van der Waals surface area contributed by atoms with Crippen LogP contribution >= 0.6 is 7.60 Å². The molecule has 3 rings (SSSR count). The second kappa shape index (κ2) is 61.6. The Balaban J connectivity index is -0.000000104. The van der Waals surface area contributed by atoms with E-state index < -0.39 is 52.0 Å². The highest BCUT2D eigenvalue weighted by Gasteiger charge is 2.16. The summed E-state index contributed by atoms with van der Waals surface area (Å²) >= 11 is 0. The molecule has 0 aliphatic rings. The van der Waals surface area contributed by atoms with E-state index in [1.54, 1.807) is 59.4 Å². The number of nitrogens with two attached hydrogens (primary N) is 2. The molecule has 0 heterocycles. The Morgan fingerprint density at radius 3 is 1.30 bits per heavy atom. The van der Waals surface area contributed by atoms with Crippen LogP contribution in [0.5, 0.6) is 0 Å². The number of aliphatic carboxylic acids is 2. The Labute approximate surface area is 503 Å². The average Bonchev–Trinajstić information content (AvgIpc) is 3.33. The lowest BCUT2D eigenvalue weighted by atomic mass is 10.1. The maximum absolute atomic E-state index is 10.9. The van der Waals surface area contributed by atoms with Crippen molar-refractivity contribution < 1.29 is 90.4 Å². The van der Waals surface area contributed by atoms with Gasteiger partial charge in [-0.2, -0.15) is 8.42 Å². The third kappa shape index (κ3) is 116. The molecule has 0 aliphatic heterocycles. The summed E-state index contributed by atoms with van der Waals surface area (Å²) in [5.74, 6) is -2.28. The first-order valence-electron chi connectivity index (χ1n) is 27.0. The number of ketones is 1. The Morgan fingerprint density at radius 2 is 1.12 bits per heavy atom. The van der Waals surface area contributed by atoms with Gasteiger partial charge >= 0.3 is 31.6 Å². The highest BCUT2D eigenvalue weighted by atomic mass is 32.2. The van der Waals surface area contributed by atoms with Crippen molar-refractivity contribution >= 4 is 58.3 Å². The van der Waals surface area contributed by atoms with Gasteiger partial charge in [-0.3, -0.25) is 27.7 Å². The van der Waals surface area contributed by atoms with E-state index in [2.05, 4.69) is 29.3 Å². The lowest BCUT2D eigenvalue weighted by Crippen LogP contribution is -2.78. The van der Waals surface area contributed by atoms with E-state index in [0.29, 0.717) is 30.9 Å². The van der Waals surface area contributed by atoms with Gasteiger partial charge in [0.15, 0.2) is 5.78 Å². The highest BCUT2D eigenvalue weighted by molar-refractivity contribution is 7.85. The van der Waals surface area contributed by atoms with Gasteiger partial charge < -0.3 is 55.7 Å². The summed E-state index contributed by atoms with van der Waals surface area (Å²) in [5.41, 5.74) is 7.91. The smallest absolute Gasteiger partial charge is 0.407 e. The number of carboxylic acid groups (broad SMARTS) is 3. The van der Waals surface area contributed by atoms with Crippen LogP contribution in [0.4, 0.5) is 4.79 Å². The molecule has 1 unspecified atom stereocenters. The van der Waals surface area contributed by atoms with Crippen molar-refractivity contribution in [3.8, 4) is 0 Å². The normalized spacial score (nSPS) is 10.2. The number of amides is 1. The third-order valence-corrected chi connectivity index (χ3v) is 9.55. The van der Waals surface area contributed by atoms with Gasteiger partial charge in [0.2, 0.25) is 0 Å². The number of benzene rings is 3. The van der Waals surface area contributed by atoms with Crippen LogP contribution in [0.1, 0.15) is 181 Å². The molecular formula is C59H113N3O18PS2+. The van der Waals surface area contributed by atoms with E-state index >= 15 is 0 Å². The molecule has 3 aromatic carbocycles. The molecule has 0 radical (unpaired) electrons. The number of nitrogens with one attached hydrogen (secondary N) is 1. The van der Waals surface area contributed by atoms with Crippen LogP contribution in [0.15, 0.2) is 83.8 Å². The van der Waals surface area contributed by atoms with Gasteiger partial charge in [0.25, 0.3) is 10.1 Å². The van der Waals surface area contributed by atoms with E-state index in [1.165, 1.54) is 12.1 Å². The quantitative estimate of drug-likeness (QED) is 0.0436. The minimum Gasteiger partial charge on any atom is -0.481 e. The third-order valence-electron chi connectivity index (χ3n) is 7.69. The first-order chi connectivity index (χ1) is 37.8. The standard InChI is InChI=1S/C8H17NO2.C8H8O2.C8H10OS.C8H8O.C5H10O2.C5H12O.C4H8O2.2C3H9N.C3H8O3S.C3H8O.CH5O3P/c1-6(2)9-7(10)11-8(3,4)5;1-6-4-2-3-5-7(6)8(9)10;1-7-3-5-8(6-4-7)10(2)9;1-7(9)8-5-3-2-4-6-8;1-2-3-4-5(6)7;1-5(2,3)6-4;1-2-3-4(5)6;1-3-4-2;1-3(2)4;1-2-3-7(4,5)6;1-3-4-2;1-5(2,3)4/h6H,1-5H3,(H,9,10);2-5H,1H3,(H,9,10);3-6H,1-2H3;2-6H,1H3;2-4H2,1H3,(H,6,7);1-4H3;2-3H2,1H3,(H,5,6);4H,3H2,1-2H3;3H,4H2,1-2H3;2-3H2,1H3,(H,4,5,6);3H2,1-2H3;1H3,(H2,2,3,4)/p+1. The summed E-state index contributed by atoms with van der Waals surface area (Å²) in [6.45, 7) is 37.1. The first-order valence-corrected chi connectivity index (χ1v) is 32.2. The van der Waals surface area contributed by atoms with Gasteiger partial charge in [-0.25, -0.2) is 9.59 Å². The summed E-state index contributed by atoms with van der Waals surface area (Å²) in [7, 11) is -2.71. The highest BCUT2D eigenvalue weighted by Crippen LogP contribution is 2.26. The number of aromatic carboxylic acids is 1. The van der Waals surface area contributed by atoms with Crippen molar-refractivity contribution in [2.24, 2.45) is 5.73 Å². The number of hydrogen-bond donors (Lipinski definition) is 9. The number of carboxylic acids is 3. The van der Waals surface area contributed by atoms with Crippen molar-refractivity contribution in [1.29, 1.82) is 0 Å². The predicted molar refractivity (Wildman–Crippen MR) is 339 cm³/mol. The minimum absolute atomic E-state index is 0.0417. The minimum atomic E-state index is -3.67. The molecule has 11 N–H and O–H groups in total. The Morgan fingerprint density at radius 1 is 0.735 bits per heavy atom. The largest absolute Gasteiger partial charge is 0.481 e. The van der Waals surface area contributed by atoms with Crippen LogP contribution in [-0.2, 0) is 49.3 Å². The number of hydrogen-bond acceptors (Lipinski definition) is 13. The van der Waals surface area contributed by atoms with E-state index in [4.69, 9.17) is 44.9 Å². The van der Waals surface area contributed by atoms with Crippen LogP contribution in [0.25, 0.3) is 0 Å². The molecule has 0 aliphatic carbocycles. The molecular weight excluding hydrogens is 1130 g/mol. The van der Waals surface area contributed by atoms with Crippen molar-refractivity contribution in [3.05, 3.63) is 101 Å². The number of ether oxygens (including phenoxy) is 3. The predicted octanol–water partition coefficient (Wildman–Crippen LogP) is 11.1. The topological polar surface area (TPSA) is 357 Å². The number of unbranched alkanes of at least 4 members (excludes halogenated alkanes) is 1. The molecule has 0 aromatic heterocycles. The fraction of sp³-hybridized carbons (Fsp3) is 0.610. The number of quaternary nitrogens is 1. The lowest BCUT2D eigenvalue weighted by molar-refractivity contribution is -0.623. The van der Waals surface area contributed by atoms with Crippen LogP contribution in [0, 0.1) is 13.8 Å². The number of carbonyl (C=O) groups excluding carboxylic acids is 2. The molecule has 3 aromatic rings. The molecule has 0 spiro atoms. The zero-order valence-corrected chi connectivity index (χ0v) is 57.1. The van der Waals surface area contributed by atoms with Crippen LogP contribution in [-0.4, -0.2) is 148 Å². The van der Waals surface area contributed by atoms with E-state index in [9.17, 15) is 41.2 Å². The molecule has 0 saturated heterocycles. The zero-order chi connectivity index (χ0) is 67.6. The van der Waals surface area contributed by atoms with Gasteiger partial charge in [0.1, 0.15) is 5.60 Å². The maximum Gasteiger partial charge on any atom is 0.407 e. The average molecular weight is 1250 g/mol. The number of aryl methyl sites for hydroxylation is 2. The zero-order valence-electron chi connectivity index (χ0n) is 54.5. The van der Waals surface area contributed by atoms with E-state index in [0.717, 1.165) is 48.6 Å². The Bertz CT molecular complexity index is 2180. The van der Waals surface area contributed by atoms with Gasteiger partial charge in [-0.05, 0) is 139 Å². The molecule has 1 atom stereocenters. The molecule has 21 nitrogen and oxygen atoms in total. The molecule has 83 heavy (non-hydrogen) atoms. The van der Waals surface area contributed by atoms with Gasteiger partial charge in [-0.1, -0.05) is 107 Å². The van der Waals surface area contributed by atoms with Crippen molar-refractivity contribution in [2.75, 3.05) is 53.1 Å². The summed E-state index contributed by atoms with van der Waals surface area (Å²) in [6, 6.07) is 24.3. The monoisotopic (exact) mass is 1250 g/mol. The first kappa shape index (κ1) is 97.2. The summed E-state index contributed by atoms with van der Waals surface area (Å²) in [6.07, 6.45) is 4.91. The van der Waals surface area contributed by atoms with Crippen molar-refractivity contribution in [3.63, 3.8) is 0 Å². The van der Waals surface area contributed by atoms with E-state index in [-0.39, 0.29) is 29.3 Å². The second-order valence-corrected chi connectivity index (χ2v) is 24.4. The number of alkyl carbamates (subject to hydrolysis) is 1. The van der Waals surface area contributed by atoms with Crippen molar-refractivity contribution in [2.45, 2.75) is 191 Å². The number of methoxy groups -OCH3 is 2. The molecule has 0 saturated carbocycles.